The fraction of sp³-hybridized carbons (Fsp3) is 0.350. The minimum Gasteiger partial charge on any atom is -0.497 e. The first kappa shape index (κ1) is 13.6. The molecule has 4 rings (SSSR count). The topological polar surface area (TPSA) is 26.3 Å². The average Bonchev–Trinajstić information content (AvgIpc) is 2.58. The standard InChI is InChI=1S/C20H20O2/c1-22-17-6-7-18-15(12-17)9-11-20(19(18)21)10-8-14-4-2-3-5-16(14)13-20/h2-7,12H,8-11,13H2,1H3. The van der Waals surface area contributed by atoms with E-state index in [9.17, 15) is 4.79 Å². The Hall–Kier alpha value is -2.09. The van der Waals surface area contributed by atoms with Crippen molar-refractivity contribution < 1.29 is 9.53 Å². The molecular formula is C20H20O2. The summed E-state index contributed by atoms with van der Waals surface area (Å²) in [6.07, 6.45) is 4.83. The van der Waals surface area contributed by atoms with Crippen LogP contribution in [0.15, 0.2) is 42.5 Å². The number of ketones is 1. The third-order valence-electron chi connectivity index (χ3n) is 5.43. The van der Waals surface area contributed by atoms with E-state index in [1.165, 1.54) is 11.1 Å². The van der Waals surface area contributed by atoms with Crippen LogP contribution in [0.2, 0.25) is 0 Å². The zero-order valence-corrected chi connectivity index (χ0v) is 12.9. The maximum Gasteiger partial charge on any atom is 0.169 e. The lowest BCUT2D eigenvalue weighted by atomic mass is 9.62. The average molecular weight is 292 g/mol. The number of Topliss-reactive ketones (excluding diaryl/α,β-unsaturated/α-hetero) is 1. The molecule has 0 saturated heterocycles. The summed E-state index contributed by atoms with van der Waals surface area (Å²) >= 11 is 0. The molecule has 112 valence electrons. The van der Waals surface area contributed by atoms with Gasteiger partial charge in [-0.15, -0.1) is 0 Å². The molecule has 0 aromatic heterocycles. The Bertz CT molecular complexity index is 747. The Balaban J connectivity index is 1.72. The number of rotatable bonds is 1. The lowest BCUT2D eigenvalue weighted by Gasteiger charge is -2.40. The Morgan fingerprint density at radius 3 is 2.45 bits per heavy atom. The molecule has 2 aliphatic rings. The first-order valence-corrected chi connectivity index (χ1v) is 8.00. The van der Waals surface area contributed by atoms with Crippen LogP contribution in [0.4, 0.5) is 0 Å². The summed E-state index contributed by atoms with van der Waals surface area (Å²) in [5, 5.41) is 0. The van der Waals surface area contributed by atoms with Crippen LogP contribution >= 0.6 is 0 Å². The van der Waals surface area contributed by atoms with Gasteiger partial charge in [-0.3, -0.25) is 4.79 Å². The second-order valence-corrected chi connectivity index (χ2v) is 6.58. The zero-order chi connectivity index (χ0) is 15.2. The van der Waals surface area contributed by atoms with Gasteiger partial charge in [-0.1, -0.05) is 24.3 Å². The number of methoxy groups -OCH3 is 1. The molecule has 0 radical (unpaired) electrons. The van der Waals surface area contributed by atoms with Crippen LogP contribution in [0.5, 0.6) is 5.75 Å². The van der Waals surface area contributed by atoms with Crippen molar-refractivity contribution in [2.75, 3.05) is 7.11 Å². The number of ether oxygens (including phenoxy) is 1. The van der Waals surface area contributed by atoms with Crippen molar-refractivity contribution in [2.24, 2.45) is 5.41 Å². The van der Waals surface area contributed by atoms with Crippen LogP contribution in [0.25, 0.3) is 0 Å². The predicted octanol–water partition coefficient (Wildman–Crippen LogP) is 4.00. The molecule has 1 unspecified atom stereocenters. The molecule has 0 fully saturated rings. The molecule has 0 N–H and O–H groups in total. The van der Waals surface area contributed by atoms with Crippen molar-refractivity contribution in [1.82, 2.24) is 0 Å². The molecule has 2 heteroatoms. The first-order chi connectivity index (χ1) is 10.7. The summed E-state index contributed by atoms with van der Waals surface area (Å²) in [7, 11) is 1.67. The summed E-state index contributed by atoms with van der Waals surface area (Å²) in [5.74, 6) is 1.18. The molecule has 2 nitrogen and oxygen atoms in total. The van der Waals surface area contributed by atoms with Gasteiger partial charge in [-0.05, 0) is 67.0 Å². The molecule has 0 bridgehead atoms. The molecule has 22 heavy (non-hydrogen) atoms. The largest absolute Gasteiger partial charge is 0.497 e. The first-order valence-electron chi connectivity index (χ1n) is 8.00. The summed E-state index contributed by atoms with van der Waals surface area (Å²) in [5.41, 5.74) is 4.65. The third-order valence-corrected chi connectivity index (χ3v) is 5.43. The minimum absolute atomic E-state index is 0.185. The highest BCUT2D eigenvalue weighted by molar-refractivity contribution is 6.03. The predicted molar refractivity (Wildman–Crippen MR) is 86.5 cm³/mol. The number of hydrogen-bond donors (Lipinski definition) is 0. The highest BCUT2D eigenvalue weighted by atomic mass is 16.5. The van der Waals surface area contributed by atoms with E-state index in [1.54, 1.807) is 7.11 Å². The Labute approximate surface area is 131 Å². The molecule has 1 spiro atoms. The summed E-state index contributed by atoms with van der Waals surface area (Å²) < 4.78 is 5.29. The molecule has 0 saturated carbocycles. The molecular weight excluding hydrogens is 272 g/mol. The number of fused-ring (bicyclic) bond motifs is 2. The maximum absolute atomic E-state index is 13.2. The second-order valence-electron chi connectivity index (χ2n) is 6.58. The molecule has 2 aromatic carbocycles. The van der Waals surface area contributed by atoms with Gasteiger partial charge in [0.1, 0.15) is 5.75 Å². The van der Waals surface area contributed by atoms with E-state index in [0.717, 1.165) is 49.0 Å². The molecule has 1 atom stereocenters. The third kappa shape index (κ3) is 1.98. The van der Waals surface area contributed by atoms with Crippen LogP contribution in [-0.4, -0.2) is 12.9 Å². The van der Waals surface area contributed by atoms with E-state index in [4.69, 9.17) is 4.74 Å². The van der Waals surface area contributed by atoms with Crippen molar-refractivity contribution in [1.29, 1.82) is 0 Å². The smallest absolute Gasteiger partial charge is 0.169 e. The van der Waals surface area contributed by atoms with Gasteiger partial charge in [-0.25, -0.2) is 0 Å². The van der Waals surface area contributed by atoms with Crippen molar-refractivity contribution in [2.45, 2.75) is 32.1 Å². The van der Waals surface area contributed by atoms with Crippen LogP contribution in [0.1, 0.15) is 39.9 Å². The molecule has 0 aliphatic heterocycles. The van der Waals surface area contributed by atoms with Crippen molar-refractivity contribution in [3.63, 3.8) is 0 Å². The van der Waals surface area contributed by atoms with Gasteiger partial charge in [0, 0.05) is 11.0 Å². The number of aryl methyl sites for hydroxylation is 2. The van der Waals surface area contributed by atoms with Crippen LogP contribution in [0, 0.1) is 5.41 Å². The number of benzene rings is 2. The fourth-order valence-corrected chi connectivity index (χ4v) is 4.11. The Morgan fingerprint density at radius 2 is 1.68 bits per heavy atom. The van der Waals surface area contributed by atoms with E-state index in [0.29, 0.717) is 5.78 Å². The van der Waals surface area contributed by atoms with Gasteiger partial charge in [-0.2, -0.15) is 0 Å². The number of hydrogen-bond acceptors (Lipinski definition) is 2. The highest BCUT2D eigenvalue weighted by Gasteiger charge is 2.44. The number of carbonyl (C=O) groups is 1. The minimum atomic E-state index is -0.185. The Kier molecular flexibility index (Phi) is 3.07. The monoisotopic (exact) mass is 292 g/mol. The van der Waals surface area contributed by atoms with Crippen LogP contribution in [-0.2, 0) is 19.3 Å². The summed E-state index contributed by atoms with van der Waals surface area (Å²) in [4.78, 5) is 13.2. The molecule has 2 aliphatic carbocycles. The Morgan fingerprint density at radius 1 is 0.955 bits per heavy atom. The van der Waals surface area contributed by atoms with Crippen molar-refractivity contribution in [3.8, 4) is 5.75 Å². The van der Waals surface area contributed by atoms with E-state index in [2.05, 4.69) is 24.3 Å². The van der Waals surface area contributed by atoms with Crippen LogP contribution in [0.3, 0.4) is 0 Å². The second kappa shape index (κ2) is 4.98. The quantitative estimate of drug-likeness (QED) is 0.794. The summed E-state index contributed by atoms with van der Waals surface area (Å²) in [6, 6.07) is 14.5. The van der Waals surface area contributed by atoms with E-state index >= 15 is 0 Å². The number of carbonyl (C=O) groups excluding carboxylic acids is 1. The SMILES string of the molecule is COc1ccc2c(c1)CCC1(CCc3ccccc3C1)C2=O. The van der Waals surface area contributed by atoms with Gasteiger partial charge in [0.15, 0.2) is 5.78 Å². The normalized spacial score (nSPS) is 23.0. The van der Waals surface area contributed by atoms with Crippen molar-refractivity contribution in [3.05, 3.63) is 64.7 Å². The van der Waals surface area contributed by atoms with Crippen LogP contribution < -0.4 is 4.74 Å². The summed E-state index contributed by atoms with van der Waals surface area (Å²) in [6.45, 7) is 0. The zero-order valence-electron chi connectivity index (χ0n) is 12.9. The van der Waals surface area contributed by atoms with Gasteiger partial charge >= 0.3 is 0 Å². The lowest BCUT2D eigenvalue weighted by molar-refractivity contribution is 0.0725. The van der Waals surface area contributed by atoms with E-state index < -0.39 is 0 Å². The van der Waals surface area contributed by atoms with Gasteiger partial charge in [0.2, 0.25) is 0 Å². The lowest BCUT2D eigenvalue weighted by Crippen LogP contribution is -2.40. The maximum atomic E-state index is 13.2. The van der Waals surface area contributed by atoms with Gasteiger partial charge in [0.05, 0.1) is 7.11 Å². The van der Waals surface area contributed by atoms with E-state index in [1.807, 2.05) is 18.2 Å². The van der Waals surface area contributed by atoms with Gasteiger partial charge in [0.25, 0.3) is 0 Å². The molecule has 0 heterocycles. The van der Waals surface area contributed by atoms with Gasteiger partial charge < -0.3 is 4.74 Å². The van der Waals surface area contributed by atoms with E-state index in [-0.39, 0.29) is 5.41 Å². The molecule has 2 aromatic rings. The fourth-order valence-electron chi connectivity index (χ4n) is 4.11. The molecule has 0 amide bonds. The van der Waals surface area contributed by atoms with Crippen molar-refractivity contribution >= 4 is 5.78 Å². The highest BCUT2D eigenvalue weighted by Crippen LogP contribution is 2.45.